The average molecular weight is 400 g/mol. The highest BCUT2D eigenvalue weighted by Gasteiger charge is 2.13. The number of para-hydroxylation sites is 1. The van der Waals surface area contributed by atoms with Crippen LogP contribution in [-0.4, -0.2) is 26.4 Å². The Hall–Kier alpha value is -2.87. The van der Waals surface area contributed by atoms with Crippen molar-refractivity contribution in [2.24, 2.45) is 7.05 Å². The third-order valence-corrected chi connectivity index (χ3v) is 5.11. The third-order valence-electron chi connectivity index (χ3n) is 4.09. The Labute approximate surface area is 167 Å². The van der Waals surface area contributed by atoms with Crippen molar-refractivity contribution in [3.8, 4) is 5.75 Å². The molecular weight excluding hydrogens is 379 g/mol. The van der Waals surface area contributed by atoms with Crippen molar-refractivity contribution >= 4 is 23.4 Å². The zero-order valence-electron chi connectivity index (χ0n) is 15.9. The Morgan fingerprint density at radius 3 is 2.75 bits per heavy atom. The number of nitrogens with zero attached hydrogens (tertiary/aromatic N) is 3. The van der Waals surface area contributed by atoms with Crippen LogP contribution in [0.2, 0.25) is 0 Å². The standard InChI is InChI=1S/C20H21FN4O2S/c1-13-8-9-17(14(2)10-13)27-11-18-23-24-20(25(18)3)28-12-19(26)22-16-7-5-4-6-15(16)21/h4-10H,11-12H2,1-3H3,(H,22,26). The lowest BCUT2D eigenvalue weighted by molar-refractivity contribution is -0.113. The fourth-order valence-corrected chi connectivity index (χ4v) is 3.31. The molecule has 0 aliphatic rings. The first-order chi connectivity index (χ1) is 13.4. The molecule has 0 saturated carbocycles. The second kappa shape index (κ2) is 8.88. The number of thioether (sulfide) groups is 1. The summed E-state index contributed by atoms with van der Waals surface area (Å²) in [6.07, 6.45) is 0. The maximum Gasteiger partial charge on any atom is 0.234 e. The van der Waals surface area contributed by atoms with E-state index in [-0.39, 0.29) is 24.0 Å². The number of carbonyl (C=O) groups excluding carboxylic acids is 1. The SMILES string of the molecule is Cc1ccc(OCc2nnc(SCC(=O)Nc3ccccc3F)n2C)c(C)c1. The van der Waals surface area contributed by atoms with Gasteiger partial charge >= 0.3 is 0 Å². The molecule has 28 heavy (non-hydrogen) atoms. The maximum atomic E-state index is 13.6. The average Bonchev–Trinajstić information content (AvgIpc) is 3.01. The predicted octanol–water partition coefficient (Wildman–Crippen LogP) is 3.88. The molecule has 2 aromatic carbocycles. The quantitative estimate of drug-likeness (QED) is 0.610. The van der Waals surface area contributed by atoms with Gasteiger partial charge in [0.2, 0.25) is 5.91 Å². The molecule has 0 fully saturated rings. The highest BCUT2D eigenvalue weighted by molar-refractivity contribution is 7.99. The highest BCUT2D eigenvalue weighted by atomic mass is 32.2. The van der Waals surface area contributed by atoms with Crippen molar-refractivity contribution < 1.29 is 13.9 Å². The Kier molecular flexibility index (Phi) is 6.30. The van der Waals surface area contributed by atoms with Gasteiger partial charge in [-0.1, -0.05) is 41.6 Å². The second-order valence-electron chi connectivity index (χ2n) is 6.33. The van der Waals surface area contributed by atoms with Crippen LogP contribution in [0, 0.1) is 19.7 Å². The smallest absolute Gasteiger partial charge is 0.234 e. The topological polar surface area (TPSA) is 69.0 Å². The van der Waals surface area contributed by atoms with Gasteiger partial charge in [-0.3, -0.25) is 4.79 Å². The fraction of sp³-hybridized carbons (Fsp3) is 0.250. The summed E-state index contributed by atoms with van der Waals surface area (Å²) in [7, 11) is 1.82. The number of nitrogens with one attached hydrogen (secondary N) is 1. The van der Waals surface area contributed by atoms with Gasteiger partial charge in [-0.25, -0.2) is 4.39 Å². The molecule has 0 bridgehead atoms. The van der Waals surface area contributed by atoms with E-state index in [9.17, 15) is 9.18 Å². The summed E-state index contributed by atoms with van der Waals surface area (Å²) >= 11 is 1.23. The largest absolute Gasteiger partial charge is 0.485 e. The fourth-order valence-electron chi connectivity index (χ4n) is 2.58. The van der Waals surface area contributed by atoms with Crippen molar-refractivity contribution in [3.05, 3.63) is 65.2 Å². The molecule has 8 heteroatoms. The van der Waals surface area contributed by atoms with E-state index in [2.05, 4.69) is 21.6 Å². The first-order valence-corrected chi connectivity index (χ1v) is 9.68. The van der Waals surface area contributed by atoms with Crippen molar-refractivity contribution in [1.29, 1.82) is 0 Å². The van der Waals surface area contributed by atoms with Crippen molar-refractivity contribution in [3.63, 3.8) is 0 Å². The van der Waals surface area contributed by atoms with Crippen LogP contribution in [0.1, 0.15) is 17.0 Å². The molecule has 3 rings (SSSR count). The van der Waals surface area contributed by atoms with Crippen LogP contribution in [0.15, 0.2) is 47.6 Å². The number of aryl methyl sites for hydroxylation is 2. The van der Waals surface area contributed by atoms with Gasteiger partial charge < -0.3 is 14.6 Å². The summed E-state index contributed by atoms with van der Waals surface area (Å²) in [4.78, 5) is 12.1. The van der Waals surface area contributed by atoms with Gasteiger partial charge in [0, 0.05) is 7.05 Å². The van der Waals surface area contributed by atoms with Gasteiger partial charge in [-0.2, -0.15) is 0 Å². The summed E-state index contributed by atoms with van der Waals surface area (Å²) in [6.45, 7) is 4.30. The van der Waals surface area contributed by atoms with Crippen molar-refractivity contribution in [2.75, 3.05) is 11.1 Å². The number of hydrogen-bond acceptors (Lipinski definition) is 5. The Balaban J connectivity index is 1.55. The summed E-state index contributed by atoms with van der Waals surface area (Å²) in [5, 5.41) is 11.4. The lowest BCUT2D eigenvalue weighted by atomic mass is 10.1. The Morgan fingerprint density at radius 1 is 1.21 bits per heavy atom. The number of carbonyl (C=O) groups is 1. The van der Waals surface area contributed by atoms with Gasteiger partial charge in [0.25, 0.3) is 0 Å². The predicted molar refractivity (Wildman–Crippen MR) is 107 cm³/mol. The third kappa shape index (κ3) is 4.89. The molecule has 1 amide bonds. The molecule has 0 saturated heterocycles. The molecule has 3 aromatic rings. The summed E-state index contributed by atoms with van der Waals surface area (Å²) in [5.41, 5.74) is 2.39. The van der Waals surface area contributed by atoms with E-state index in [1.807, 2.05) is 33.0 Å². The Bertz CT molecular complexity index is 990. The zero-order chi connectivity index (χ0) is 20.1. The lowest BCUT2D eigenvalue weighted by Crippen LogP contribution is -2.15. The number of amides is 1. The molecular formula is C20H21FN4O2S. The second-order valence-corrected chi connectivity index (χ2v) is 7.27. The minimum Gasteiger partial charge on any atom is -0.485 e. The molecule has 1 N–H and O–H groups in total. The maximum absolute atomic E-state index is 13.6. The van der Waals surface area contributed by atoms with Gasteiger partial charge in [0.15, 0.2) is 11.0 Å². The molecule has 1 aromatic heterocycles. The van der Waals surface area contributed by atoms with Gasteiger partial charge in [0.05, 0.1) is 11.4 Å². The molecule has 0 spiro atoms. The molecule has 146 valence electrons. The van der Waals surface area contributed by atoms with Crippen LogP contribution in [-0.2, 0) is 18.4 Å². The summed E-state index contributed by atoms with van der Waals surface area (Å²) < 4.78 is 21.2. The number of anilines is 1. The van der Waals surface area contributed by atoms with E-state index < -0.39 is 5.82 Å². The number of halogens is 1. The number of hydrogen-bond donors (Lipinski definition) is 1. The van der Waals surface area contributed by atoms with E-state index >= 15 is 0 Å². The minimum atomic E-state index is -0.467. The number of ether oxygens (including phenoxy) is 1. The van der Waals surface area contributed by atoms with E-state index in [0.29, 0.717) is 11.0 Å². The van der Waals surface area contributed by atoms with E-state index in [0.717, 1.165) is 11.3 Å². The molecule has 0 atom stereocenters. The monoisotopic (exact) mass is 400 g/mol. The van der Waals surface area contributed by atoms with Crippen LogP contribution in [0.3, 0.4) is 0 Å². The van der Waals surface area contributed by atoms with E-state index in [1.54, 1.807) is 16.7 Å². The van der Waals surface area contributed by atoms with Gasteiger partial charge in [-0.15, -0.1) is 10.2 Å². The highest BCUT2D eigenvalue weighted by Crippen LogP contribution is 2.21. The molecule has 6 nitrogen and oxygen atoms in total. The van der Waals surface area contributed by atoms with E-state index in [1.165, 1.54) is 29.5 Å². The van der Waals surface area contributed by atoms with Crippen LogP contribution in [0.25, 0.3) is 0 Å². The van der Waals surface area contributed by atoms with Crippen LogP contribution >= 0.6 is 11.8 Å². The van der Waals surface area contributed by atoms with Crippen LogP contribution in [0.4, 0.5) is 10.1 Å². The lowest BCUT2D eigenvalue weighted by Gasteiger charge is -2.09. The minimum absolute atomic E-state index is 0.0955. The Morgan fingerprint density at radius 2 is 2.00 bits per heavy atom. The van der Waals surface area contributed by atoms with Crippen LogP contribution < -0.4 is 10.1 Å². The normalized spacial score (nSPS) is 10.7. The molecule has 0 aliphatic heterocycles. The number of rotatable bonds is 7. The number of benzene rings is 2. The molecule has 0 aliphatic carbocycles. The first-order valence-electron chi connectivity index (χ1n) is 8.69. The first kappa shape index (κ1) is 19.9. The summed E-state index contributed by atoms with van der Waals surface area (Å²) in [6, 6.07) is 12.0. The molecule has 0 radical (unpaired) electrons. The number of aromatic nitrogens is 3. The van der Waals surface area contributed by atoms with Gasteiger partial charge in [0.1, 0.15) is 18.2 Å². The van der Waals surface area contributed by atoms with Crippen LogP contribution in [0.5, 0.6) is 5.75 Å². The molecule has 1 heterocycles. The van der Waals surface area contributed by atoms with Crippen molar-refractivity contribution in [2.45, 2.75) is 25.6 Å². The zero-order valence-corrected chi connectivity index (χ0v) is 16.7. The van der Waals surface area contributed by atoms with Gasteiger partial charge in [-0.05, 0) is 37.6 Å². The summed E-state index contributed by atoms with van der Waals surface area (Å²) in [5.74, 6) is 0.763. The van der Waals surface area contributed by atoms with Crippen molar-refractivity contribution in [1.82, 2.24) is 14.8 Å². The molecule has 0 unspecified atom stereocenters. The van der Waals surface area contributed by atoms with E-state index in [4.69, 9.17) is 4.74 Å².